The lowest BCUT2D eigenvalue weighted by Gasteiger charge is -2.06. The van der Waals surface area contributed by atoms with Crippen molar-refractivity contribution in [2.24, 2.45) is 0 Å². The number of hydrogen-bond acceptors (Lipinski definition) is 3. The lowest BCUT2D eigenvalue weighted by atomic mass is 10.3. The second-order valence-corrected chi connectivity index (χ2v) is 5.52. The molecule has 0 aliphatic rings. The van der Waals surface area contributed by atoms with Gasteiger partial charge in [0.15, 0.2) is 9.84 Å². The molecule has 0 fully saturated rings. The zero-order chi connectivity index (χ0) is 10.8. The van der Waals surface area contributed by atoms with Gasteiger partial charge in [0.25, 0.3) is 0 Å². The molecule has 14 heavy (non-hydrogen) atoms. The minimum Gasteiger partial charge on any atom is -0.398 e. The molecule has 5 heteroatoms. The van der Waals surface area contributed by atoms with Gasteiger partial charge in [-0.25, -0.2) is 8.42 Å². The molecule has 1 aromatic rings. The summed E-state index contributed by atoms with van der Waals surface area (Å²) in [7, 11) is -3.27. The smallest absolute Gasteiger partial charge is 0.180 e. The monoisotopic (exact) mass is 233 g/mol. The van der Waals surface area contributed by atoms with Gasteiger partial charge < -0.3 is 5.73 Å². The Bertz CT molecular complexity index is 428. The average Bonchev–Trinajstić information content (AvgIpc) is 2.09. The molecular formula is C9H12ClNO2S. The van der Waals surface area contributed by atoms with Crippen molar-refractivity contribution in [2.75, 3.05) is 11.5 Å². The summed E-state index contributed by atoms with van der Waals surface area (Å²) in [5, 5.41) is 0.383. The van der Waals surface area contributed by atoms with Crippen molar-refractivity contribution in [1.82, 2.24) is 0 Å². The fraction of sp³-hybridized carbons (Fsp3) is 0.333. The number of hydrogen-bond donors (Lipinski definition) is 1. The molecule has 0 heterocycles. The van der Waals surface area contributed by atoms with E-state index >= 15 is 0 Å². The zero-order valence-corrected chi connectivity index (χ0v) is 9.40. The van der Waals surface area contributed by atoms with Crippen LogP contribution in [-0.2, 0) is 9.84 Å². The van der Waals surface area contributed by atoms with Crippen molar-refractivity contribution in [3.63, 3.8) is 0 Å². The number of anilines is 1. The van der Waals surface area contributed by atoms with Gasteiger partial charge in [-0.15, -0.1) is 0 Å². The zero-order valence-electron chi connectivity index (χ0n) is 7.83. The second kappa shape index (κ2) is 4.19. The molecule has 0 bridgehead atoms. The van der Waals surface area contributed by atoms with Crippen LogP contribution >= 0.6 is 11.6 Å². The number of sulfone groups is 1. The van der Waals surface area contributed by atoms with Gasteiger partial charge in [0.2, 0.25) is 0 Å². The maximum Gasteiger partial charge on any atom is 0.180 e. The highest BCUT2D eigenvalue weighted by atomic mass is 35.5. The Morgan fingerprint density at radius 1 is 1.43 bits per heavy atom. The number of nitrogen functional groups attached to an aromatic ring is 1. The van der Waals surface area contributed by atoms with Gasteiger partial charge in [0, 0.05) is 5.02 Å². The number of benzene rings is 1. The van der Waals surface area contributed by atoms with E-state index in [1.54, 1.807) is 13.0 Å². The normalized spacial score (nSPS) is 11.6. The summed E-state index contributed by atoms with van der Waals surface area (Å²) < 4.78 is 23.3. The summed E-state index contributed by atoms with van der Waals surface area (Å²) in [5.41, 5.74) is 5.82. The predicted octanol–water partition coefficient (Wildman–Crippen LogP) is 2.11. The first-order valence-corrected chi connectivity index (χ1v) is 6.28. The summed E-state index contributed by atoms with van der Waals surface area (Å²) in [6.07, 6.45) is 0.564. The lowest BCUT2D eigenvalue weighted by Crippen LogP contribution is -2.08. The van der Waals surface area contributed by atoms with Gasteiger partial charge >= 0.3 is 0 Å². The molecule has 78 valence electrons. The van der Waals surface area contributed by atoms with Crippen molar-refractivity contribution in [2.45, 2.75) is 18.2 Å². The third kappa shape index (κ3) is 2.39. The Kier molecular flexibility index (Phi) is 3.39. The maximum atomic E-state index is 11.7. The van der Waals surface area contributed by atoms with E-state index in [1.807, 2.05) is 0 Å². The van der Waals surface area contributed by atoms with Crippen LogP contribution in [0.3, 0.4) is 0 Å². The third-order valence-corrected chi connectivity index (χ3v) is 3.99. The Hall–Kier alpha value is -0.740. The van der Waals surface area contributed by atoms with Gasteiger partial charge in [0.1, 0.15) is 0 Å². The van der Waals surface area contributed by atoms with Crippen LogP contribution in [0.2, 0.25) is 5.02 Å². The summed E-state index contributed by atoms with van der Waals surface area (Å²) in [6, 6.07) is 4.47. The van der Waals surface area contributed by atoms with Crippen LogP contribution in [0, 0.1) is 0 Å². The van der Waals surface area contributed by atoms with Crippen LogP contribution in [-0.4, -0.2) is 14.2 Å². The molecule has 0 saturated heterocycles. The fourth-order valence-electron chi connectivity index (χ4n) is 1.16. The summed E-state index contributed by atoms with van der Waals surface area (Å²) in [5.74, 6) is 0.0948. The molecular weight excluding hydrogens is 222 g/mol. The highest BCUT2D eigenvalue weighted by Gasteiger charge is 2.16. The molecule has 0 unspecified atom stereocenters. The predicted molar refractivity (Wildman–Crippen MR) is 58.2 cm³/mol. The Morgan fingerprint density at radius 2 is 2.07 bits per heavy atom. The minimum absolute atomic E-state index is 0.0948. The van der Waals surface area contributed by atoms with Crippen molar-refractivity contribution in [3.8, 4) is 0 Å². The summed E-state index contributed by atoms with van der Waals surface area (Å²) in [4.78, 5) is 0.131. The molecule has 0 amide bonds. The number of halogens is 1. The van der Waals surface area contributed by atoms with E-state index in [0.717, 1.165) is 0 Å². The van der Waals surface area contributed by atoms with Crippen LogP contribution in [0.4, 0.5) is 5.69 Å². The van der Waals surface area contributed by atoms with Gasteiger partial charge in [-0.05, 0) is 24.6 Å². The van der Waals surface area contributed by atoms with E-state index < -0.39 is 9.84 Å². The quantitative estimate of drug-likeness (QED) is 0.814. The fourth-order valence-corrected chi connectivity index (χ4v) is 2.88. The summed E-state index contributed by atoms with van der Waals surface area (Å²) >= 11 is 5.70. The molecule has 0 atom stereocenters. The van der Waals surface area contributed by atoms with E-state index in [4.69, 9.17) is 17.3 Å². The topological polar surface area (TPSA) is 60.2 Å². The number of rotatable bonds is 3. The second-order valence-electron chi connectivity index (χ2n) is 3.00. The Balaban J connectivity index is 3.25. The van der Waals surface area contributed by atoms with E-state index in [1.165, 1.54) is 12.1 Å². The Morgan fingerprint density at radius 3 is 2.64 bits per heavy atom. The molecule has 0 aliphatic heterocycles. The van der Waals surface area contributed by atoms with Crippen molar-refractivity contribution in [3.05, 3.63) is 23.2 Å². The number of nitrogens with two attached hydrogens (primary N) is 1. The average molecular weight is 234 g/mol. The molecule has 3 nitrogen and oxygen atoms in total. The van der Waals surface area contributed by atoms with Crippen LogP contribution in [0.5, 0.6) is 0 Å². The first-order chi connectivity index (χ1) is 6.47. The molecule has 2 N–H and O–H groups in total. The molecule has 0 aliphatic carbocycles. The first kappa shape index (κ1) is 11.3. The van der Waals surface area contributed by atoms with Crippen molar-refractivity contribution in [1.29, 1.82) is 0 Å². The van der Waals surface area contributed by atoms with Crippen LogP contribution < -0.4 is 5.73 Å². The third-order valence-electron chi connectivity index (χ3n) is 1.78. The molecule has 0 radical (unpaired) electrons. The Labute approximate surface area is 88.8 Å². The largest absolute Gasteiger partial charge is 0.398 e. The van der Waals surface area contributed by atoms with Crippen molar-refractivity contribution >= 4 is 27.1 Å². The minimum atomic E-state index is -3.27. The molecule has 1 aromatic carbocycles. The highest BCUT2D eigenvalue weighted by molar-refractivity contribution is 7.91. The van der Waals surface area contributed by atoms with Crippen LogP contribution in [0.25, 0.3) is 0 Å². The first-order valence-electron chi connectivity index (χ1n) is 4.25. The van der Waals surface area contributed by atoms with Crippen LogP contribution in [0.1, 0.15) is 13.3 Å². The molecule has 0 spiro atoms. The highest BCUT2D eigenvalue weighted by Crippen LogP contribution is 2.23. The van der Waals surface area contributed by atoms with Crippen LogP contribution in [0.15, 0.2) is 23.1 Å². The SMILES string of the molecule is CCCS(=O)(=O)c1cc(Cl)ccc1N. The van der Waals surface area contributed by atoms with Gasteiger partial charge in [-0.2, -0.15) is 0 Å². The molecule has 0 saturated carbocycles. The van der Waals surface area contributed by atoms with E-state index in [2.05, 4.69) is 0 Å². The van der Waals surface area contributed by atoms with Gasteiger partial charge in [-0.1, -0.05) is 18.5 Å². The van der Waals surface area contributed by atoms with E-state index in [-0.39, 0.29) is 16.3 Å². The lowest BCUT2D eigenvalue weighted by molar-refractivity contribution is 0.595. The van der Waals surface area contributed by atoms with Crippen molar-refractivity contribution < 1.29 is 8.42 Å². The standard InChI is InChI=1S/C9H12ClNO2S/c1-2-5-14(12,13)9-6-7(10)3-4-8(9)11/h3-4,6H,2,5,11H2,1H3. The molecule has 0 aromatic heterocycles. The summed E-state index contributed by atoms with van der Waals surface area (Å²) in [6.45, 7) is 1.80. The van der Waals surface area contributed by atoms with Gasteiger partial charge in [-0.3, -0.25) is 0 Å². The maximum absolute atomic E-state index is 11.7. The van der Waals surface area contributed by atoms with E-state index in [0.29, 0.717) is 11.4 Å². The van der Waals surface area contributed by atoms with Gasteiger partial charge in [0.05, 0.1) is 16.3 Å². The van der Waals surface area contributed by atoms with E-state index in [9.17, 15) is 8.42 Å². The molecule has 1 rings (SSSR count).